The van der Waals surface area contributed by atoms with Gasteiger partial charge in [0.05, 0.1) is 4.88 Å². The van der Waals surface area contributed by atoms with E-state index in [1.165, 1.54) is 40.5 Å². The average Bonchev–Trinajstić information content (AvgIpc) is 3.38. The number of rotatable bonds is 6. The molecule has 1 fully saturated rings. The molecule has 0 saturated carbocycles. The number of hydrogen-bond donors (Lipinski definition) is 2. The summed E-state index contributed by atoms with van der Waals surface area (Å²) in [5, 5.41) is 4.37. The highest BCUT2D eigenvalue weighted by atomic mass is 32.1. The van der Waals surface area contributed by atoms with Gasteiger partial charge in [-0.15, -0.1) is 11.3 Å². The SMILES string of the molecule is NC(=O)c1ccc(NC(=O)COC(=O)C2CCCN2C(=O)c2cccs2)cc1. The monoisotopic (exact) mass is 401 g/mol. The van der Waals surface area contributed by atoms with Gasteiger partial charge in [-0.25, -0.2) is 4.79 Å². The topological polar surface area (TPSA) is 119 Å². The van der Waals surface area contributed by atoms with Crippen LogP contribution in [0.1, 0.15) is 32.9 Å². The van der Waals surface area contributed by atoms with E-state index in [9.17, 15) is 19.2 Å². The Kier molecular flexibility index (Phi) is 6.05. The molecule has 2 heterocycles. The molecule has 0 aliphatic carbocycles. The molecule has 1 saturated heterocycles. The lowest BCUT2D eigenvalue weighted by atomic mass is 10.2. The van der Waals surface area contributed by atoms with Gasteiger partial charge in [0.2, 0.25) is 5.91 Å². The Balaban J connectivity index is 1.52. The number of esters is 1. The van der Waals surface area contributed by atoms with Crippen molar-refractivity contribution in [2.45, 2.75) is 18.9 Å². The maximum absolute atomic E-state index is 12.5. The summed E-state index contributed by atoms with van der Waals surface area (Å²) in [5.74, 6) is -1.88. The lowest BCUT2D eigenvalue weighted by Crippen LogP contribution is -2.41. The molecule has 3 N–H and O–H groups in total. The van der Waals surface area contributed by atoms with Crippen LogP contribution >= 0.6 is 11.3 Å². The maximum atomic E-state index is 12.5. The quantitative estimate of drug-likeness (QED) is 0.713. The first-order chi connectivity index (χ1) is 13.5. The molecule has 1 atom stereocenters. The first kappa shape index (κ1) is 19.6. The Morgan fingerprint density at radius 3 is 2.57 bits per heavy atom. The molecule has 1 aliphatic rings. The minimum Gasteiger partial charge on any atom is -0.454 e. The Bertz CT molecular complexity index is 879. The van der Waals surface area contributed by atoms with Gasteiger partial charge in [0, 0.05) is 17.8 Å². The Morgan fingerprint density at radius 1 is 1.18 bits per heavy atom. The van der Waals surface area contributed by atoms with Crippen molar-refractivity contribution in [1.82, 2.24) is 4.90 Å². The van der Waals surface area contributed by atoms with Crippen molar-refractivity contribution in [2.24, 2.45) is 5.73 Å². The normalized spacial score (nSPS) is 15.9. The molecule has 1 unspecified atom stereocenters. The number of hydrogen-bond acceptors (Lipinski definition) is 6. The molecule has 1 aromatic carbocycles. The number of amides is 3. The summed E-state index contributed by atoms with van der Waals surface area (Å²) in [4.78, 5) is 49.9. The number of primary amides is 1. The lowest BCUT2D eigenvalue weighted by Gasteiger charge is -2.22. The number of anilines is 1. The van der Waals surface area contributed by atoms with E-state index in [0.717, 1.165) is 0 Å². The van der Waals surface area contributed by atoms with Crippen LogP contribution in [-0.4, -0.2) is 47.8 Å². The molecule has 28 heavy (non-hydrogen) atoms. The molecule has 1 aromatic heterocycles. The fourth-order valence-electron chi connectivity index (χ4n) is 2.94. The van der Waals surface area contributed by atoms with Crippen molar-refractivity contribution >= 4 is 40.7 Å². The summed E-state index contributed by atoms with van der Waals surface area (Å²) in [5.41, 5.74) is 5.92. The molecule has 1 aliphatic heterocycles. The third-order valence-corrected chi connectivity index (χ3v) is 5.17. The maximum Gasteiger partial charge on any atom is 0.329 e. The van der Waals surface area contributed by atoms with E-state index in [4.69, 9.17) is 10.5 Å². The molecule has 0 spiro atoms. The van der Waals surface area contributed by atoms with Crippen LogP contribution in [0.15, 0.2) is 41.8 Å². The van der Waals surface area contributed by atoms with Crippen molar-refractivity contribution in [1.29, 1.82) is 0 Å². The van der Waals surface area contributed by atoms with Gasteiger partial charge in [-0.05, 0) is 48.6 Å². The summed E-state index contributed by atoms with van der Waals surface area (Å²) in [7, 11) is 0. The molecule has 146 valence electrons. The Morgan fingerprint density at radius 2 is 1.93 bits per heavy atom. The third-order valence-electron chi connectivity index (χ3n) is 4.32. The third kappa shape index (κ3) is 4.55. The van der Waals surface area contributed by atoms with Gasteiger partial charge in [0.1, 0.15) is 6.04 Å². The van der Waals surface area contributed by atoms with E-state index in [2.05, 4.69) is 5.32 Å². The standard InChI is InChI=1S/C19H19N3O5S/c20-17(24)12-5-7-13(8-6-12)21-16(23)11-27-19(26)14-3-1-9-22(14)18(25)15-4-2-10-28-15/h2,4-8,10,14H,1,3,9,11H2,(H2,20,24)(H,21,23). The zero-order valence-corrected chi connectivity index (χ0v) is 15.7. The molecular formula is C19H19N3O5S. The van der Waals surface area contributed by atoms with Crippen LogP contribution in [0.2, 0.25) is 0 Å². The predicted molar refractivity (Wildman–Crippen MR) is 103 cm³/mol. The molecule has 9 heteroatoms. The number of ether oxygens (including phenoxy) is 1. The number of nitrogens with one attached hydrogen (secondary N) is 1. The Hall–Kier alpha value is -3.20. The van der Waals surface area contributed by atoms with E-state index in [1.807, 2.05) is 0 Å². The minimum atomic E-state index is -0.683. The van der Waals surface area contributed by atoms with E-state index in [0.29, 0.717) is 35.5 Å². The number of nitrogens with two attached hydrogens (primary N) is 1. The predicted octanol–water partition coefficient (Wildman–Crippen LogP) is 1.63. The molecule has 0 bridgehead atoms. The van der Waals surface area contributed by atoms with Crippen LogP contribution in [0.5, 0.6) is 0 Å². The van der Waals surface area contributed by atoms with Crippen LogP contribution in [0, 0.1) is 0 Å². The molecule has 0 radical (unpaired) electrons. The van der Waals surface area contributed by atoms with E-state index < -0.39 is 30.4 Å². The largest absolute Gasteiger partial charge is 0.454 e. The molecule has 2 aromatic rings. The van der Waals surface area contributed by atoms with Crippen LogP contribution in [-0.2, 0) is 14.3 Å². The minimum absolute atomic E-state index is 0.201. The fourth-order valence-corrected chi connectivity index (χ4v) is 3.62. The van der Waals surface area contributed by atoms with Gasteiger partial charge >= 0.3 is 5.97 Å². The molecule has 8 nitrogen and oxygen atoms in total. The molecule has 3 amide bonds. The van der Waals surface area contributed by atoms with E-state index >= 15 is 0 Å². The van der Waals surface area contributed by atoms with Crippen molar-refractivity contribution in [3.63, 3.8) is 0 Å². The van der Waals surface area contributed by atoms with Crippen LogP contribution < -0.4 is 11.1 Å². The van der Waals surface area contributed by atoms with Crippen LogP contribution in [0.4, 0.5) is 5.69 Å². The lowest BCUT2D eigenvalue weighted by molar-refractivity contribution is -0.151. The first-order valence-corrected chi connectivity index (χ1v) is 9.54. The van der Waals surface area contributed by atoms with Gasteiger partial charge in [0.25, 0.3) is 11.8 Å². The second-order valence-corrected chi connectivity index (χ2v) is 7.18. The van der Waals surface area contributed by atoms with Gasteiger partial charge < -0.3 is 20.7 Å². The highest BCUT2D eigenvalue weighted by Gasteiger charge is 2.36. The van der Waals surface area contributed by atoms with Gasteiger partial charge in [-0.3, -0.25) is 14.4 Å². The summed E-state index contributed by atoms with van der Waals surface area (Å²) in [6.45, 7) is 0.0167. The zero-order valence-electron chi connectivity index (χ0n) is 14.9. The van der Waals surface area contributed by atoms with Crippen molar-refractivity contribution < 1.29 is 23.9 Å². The zero-order chi connectivity index (χ0) is 20.1. The smallest absolute Gasteiger partial charge is 0.329 e. The van der Waals surface area contributed by atoms with E-state index in [-0.39, 0.29) is 5.91 Å². The highest BCUT2D eigenvalue weighted by molar-refractivity contribution is 7.12. The average molecular weight is 401 g/mol. The van der Waals surface area contributed by atoms with Crippen LogP contribution in [0.25, 0.3) is 0 Å². The van der Waals surface area contributed by atoms with Crippen molar-refractivity contribution in [2.75, 3.05) is 18.5 Å². The highest BCUT2D eigenvalue weighted by Crippen LogP contribution is 2.23. The molecule has 3 rings (SSSR count). The summed E-state index contributed by atoms with van der Waals surface area (Å²) < 4.78 is 5.10. The number of likely N-dealkylation sites (tertiary alicyclic amines) is 1. The molecular weight excluding hydrogens is 382 g/mol. The first-order valence-electron chi connectivity index (χ1n) is 8.66. The number of nitrogens with zero attached hydrogens (tertiary/aromatic N) is 1. The fraction of sp³-hybridized carbons (Fsp3) is 0.263. The summed E-state index contributed by atoms with van der Waals surface area (Å²) >= 11 is 1.32. The number of carbonyl (C=O) groups is 4. The summed E-state index contributed by atoms with van der Waals surface area (Å²) in [6, 6.07) is 8.83. The van der Waals surface area contributed by atoms with Crippen molar-refractivity contribution in [3.05, 3.63) is 52.2 Å². The van der Waals surface area contributed by atoms with Crippen LogP contribution in [0.3, 0.4) is 0 Å². The number of benzene rings is 1. The second-order valence-electron chi connectivity index (χ2n) is 6.23. The van der Waals surface area contributed by atoms with Gasteiger partial charge in [-0.2, -0.15) is 0 Å². The van der Waals surface area contributed by atoms with Gasteiger partial charge in [-0.1, -0.05) is 6.07 Å². The van der Waals surface area contributed by atoms with Gasteiger partial charge in [0.15, 0.2) is 6.61 Å². The van der Waals surface area contributed by atoms with Crippen molar-refractivity contribution in [3.8, 4) is 0 Å². The Labute approximate surface area is 165 Å². The summed E-state index contributed by atoms with van der Waals surface area (Å²) in [6.07, 6.45) is 1.21. The number of thiophene rings is 1. The van der Waals surface area contributed by atoms with E-state index in [1.54, 1.807) is 17.5 Å². The second kappa shape index (κ2) is 8.66. The number of carbonyl (C=O) groups excluding carboxylic acids is 4.